The minimum atomic E-state index is -0.512. The molecule has 134 valence electrons. The van der Waals surface area contributed by atoms with Gasteiger partial charge in [0, 0.05) is 31.3 Å². The number of aryl methyl sites for hydroxylation is 1. The monoisotopic (exact) mass is 342 g/mol. The Hall–Kier alpha value is -2.37. The Kier molecular flexibility index (Phi) is 5.06. The number of rotatable bonds is 7. The van der Waals surface area contributed by atoms with Crippen LogP contribution in [0.15, 0.2) is 24.3 Å². The van der Waals surface area contributed by atoms with Crippen LogP contribution in [0.5, 0.6) is 5.75 Å². The van der Waals surface area contributed by atoms with Gasteiger partial charge >= 0.3 is 0 Å². The van der Waals surface area contributed by atoms with E-state index < -0.39 is 5.41 Å². The molecule has 3 rings (SSSR count). The molecule has 0 radical (unpaired) electrons. The van der Waals surface area contributed by atoms with Crippen molar-refractivity contribution in [2.24, 2.45) is 5.41 Å². The van der Waals surface area contributed by atoms with Crippen molar-refractivity contribution in [3.05, 3.63) is 41.5 Å². The van der Waals surface area contributed by atoms with Crippen molar-refractivity contribution in [1.82, 2.24) is 20.1 Å². The van der Waals surface area contributed by atoms with Crippen LogP contribution < -0.4 is 10.1 Å². The summed E-state index contributed by atoms with van der Waals surface area (Å²) in [6.07, 6.45) is 3.48. The third-order valence-corrected chi connectivity index (χ3v) is 4.76. The summed E-state index contributed by atoms with van der Waals surface area (Å²) in [5, 5.41) is 11.5. The van der Waals surface area contributed by atoms with Crippen molar-refractivity contribution >= 4 is 5.91 Å². The van der Waals surface area contributed by atoms with E-state index in [9.17, 15) is 4.79 Å². The largest absolute Gasteiger partial charge is 0.496 e. The molecule has 6 nitrogen and oxygen atoms in total. The highest BCUT2D eigenvalue weighted by Crippen LogP contribution is 2.28. The quantitative estimate of drug-likeness (QED) is 0.837. The number of nitrogens with one attached hydrogen (secondary N) is 1. The maximum absolute atomic E-state index is 12.6. The van der Waals surface area contributed by atoms with Crippen LogP contribution in [0.3, 0.4) is 0 Å². The van der Waals surface area contributed by atoms with Gasteiger partial charge in [0.1, 0.15) is 17.4 Å². The summed E-state index contributed by atoms with van der Waals surface area (Å²) < 4.78 is 7.57. The smallest absolute Gasteiger partial charge is 0.226 e. The second-order valence-electron chi connectivity index (χ2n) is 7.17. The first kappa shape index (κ1) is 17.5. The number of benzene rings is 1. The van der Waals surface area contributed by atoms with Crippen molar-refractivity contribution in [3.63, 3.8) is 0 Å². The number of carbonyl (C=O) groups excluding carboxylic acids is 1. The predicted molar refractivity (Wildman–Crippen MR) is 95.5 cm³/mol. The lowest BCUT2D eigenvalue weighted by atomic mass is 9.84. The van der Waals surface area contributed by atoms with E-state index in [1.807, 2.05) is 38.1 Å². The minimum Gasteiger partial charge on any atom is -0.496 e. The van der Waals surface area contributed by atoms with Crippen LogP contribution in [0.25, 0.3) is 0 Å². The third-order valence-electron chi connectivity index (χ3n) is 4.76. The van der Waals surface area contributed by atoms with Crippen molar-refractivity contribution in [2.45, 2.75) is 46.1 Å². The molecule has 1 aromatic heterocycles. The van der Waals surface area contributed by atoms with Crippen molar-refractivity contribution in [1.29, 1.82) is 0 Å². The number of fused-ring (bicyclic) bond motifs is 1. The van der Waals surface area contributed by atoms with E-state index in [2.05, 4.69) is 20.1 Å². The molecule has 0 saturated heterocycles. The molecule has 0 atom stereocenters. The number of amides is 1. The first-order chi connectivity index (χ1) is 12.0. The molecule has 0 unspecified atom stereocenters. The molecule has 0 fully saturated rings. The second kappa shape index (κ2) is 7.25. The first-order valence-corrected chi connectivity index (χ1v) is 8.82. The van der Waals surface area contributed by atoms with Gasteiger partial charge in [-0.1, -0.05) is 32.0 Å². The summed E-state index contributed by atoms with van der Waals surface area (Å²) in [6, 6.07) is 7.84. The highest BCUT2D eigenvalue weighted by atomic mass is 16.5. The number of aromatic nitrogens is 3. The Morgan fingerprint density at radius 1 is 1.32 bits per heavy atom. The number of para-hydroxylation sites is 1. The summed E-state index contributed by atoms with van der Waals surface area (Å²) in [6.45, 7) is 5.49. The predicted octanol–water partition coefficient (Wildman–Crippen LogP) is 2.16. The molecule has 1 amide bonds. The summed E-state index contributed by atoms with van der Waals surface area (Å²) >= 11 is 0. The summed E-state index contributed by atoms with van der Waals surface area (Å²) in [5.74, 6) is 2.90. The molecule has 2 aromatic rings. The van der Waals surface area contributed by atoms with Crippen molar-refractivity contribution < 1.29 is 9.53 Å². The summed E-state index contributed by atoms with van der Waals surface area (Å²) in [5.41, 5.74) is 0.530. The topological polar surface area (TPSA) is 69.0 Å². The van der Waals surface area contributed by atoms with Crippen LogP contribution >= 0.6 is 0 Å². The number of hydrogen-bond donors (Lipinski definition) is 1. The Morgan fingerprint density at radius 2 is 2.12 bits per heavy atom. The zero-order valence-corrected chi connectivity index (χ0v) is 15.2. The van der Waals surface area contributed by atoms with Gasteiger partial charge in [-0.3, -0.25) is 4.79 Å². The first-order valence-electron chi connectivity index (χ1n) is 8.82. The number of nitrogens with zero attached hydrogens (tertiary/aromatic N) is 3. The van der Waals surface area contributed by atoms with E-state index in [4.69, 9.17) is 4.74 Å². The van der Waals surface area contributed by atoms with Gasteiger partial charge in [-0.2, -0.15) is 0 Å². The van der Waals surface area contributed by atoms with Crippen LogP contribution in [0.2, 0.25) is 0 Å². The van der Waals surface area contributed by atoms with E-state index in [0.717, 1.165) is 42.3 Å². The van der Waals surface area contributed by atoms with Crippen molar-refractivity contribution in [3.8, 4) is 5.75 Å². The van der Waals surface area contributed by atoms with Gasteiger partial charge in [0.25, 0.3) is 0 Å². The lowest BCUT2D eigenvalue weighted by Gasteiger charge is -2.24. The fourth-order valence-electron chi connectivity index (χ4n) is 3.33. The minimum absolute atomic E-state index is 0.0413. The molecule has 2 heterocycles. The zero-order chi connectivity index (χ0) is 17.9. The number of hydrogen-bond acceptors (Lipinski definition) is 4. The molecule has 0 aliphatic carbocycles. The lowest BCUT2D eigenvalue weighted by Crippen LogP contribution is -2.39. The van der Waals surface area contributed by atoms with E-state index in [1.165, 1.54) is 0 Å². The van der Waals surface area contributed by atoms with Gasteiger partial charge in [-0.15, -0.1) is 10.2 Å². The van der Waals surface area contributed by atoms with Gasteiger partial charge < -0.3 is 14.6 Å². The van der Waals surface area contributed by atoms with E-state index in [-0.39, 0.29) is 5.91 Å². The van der Waals surface area contributed by atoms with Crippen molar-refractivity contribution in [2.75, 3.05) is 13.7 Å². The van der Waals surface area contributed by atoms with Gasteiger partial charge in [0.15, 0.2) is 0 Å². The standard InChI is InChI=1S/C19H26N4O2/c1-19(2,13-14-7-4-5-8-15(14)25-3)18(24)20-11-10-17-22-21-16-9-6-12-23(16)17/h4-5,7-8H,6,9-13H2,1-3H3,(H,20,24). The zero-order valence-electron chi connectivity index (χ0n) is 15.2. The highest BCUT2D eigenvalue weighted by Gasteiger charge is 2.29. The number of carbonyl (C=O) groups is 1. The van der Waals surface area contributed by atoms with Crippen LogP contribution in [0.1, 0.15) is 37.5 Å². The summed E-state index contributed by atoms with van der Waals surface area (Å²) in [7, 11) is 1.66. The fourth-order valence-corrected chi connectivity index (χ4v) is 3.33. The number of methoxy groups -OCH3 is 1. The van der Waals surface area contributed by atoms with E-state index in [1.54, 1.807) is 7.11 Å². The maximum atomic E-state index is 12.6. The fraction of sp³-hybridized carbons (Fsp3) is 0.526. The SMILES string of the molecule is COc1ccccc1CC(C)(C)C(=O)NCCc1nnc2n1CCC2. The second-order valence-corrected chi connectivity index (χ2v) is 7.17. The Morgan fingerprint density at radius 3 is 2.92 bits per heavy atom. The molecular formula is C19H26N4O2. The molecular weight excluding hydrogens is 316 g/mol. The molecule has 25 heavy (non-hydrogen) atoms. The Balaban J connectivity index is 1.56. The lowest BCUT2D eigenvalue weighted by molar-refractivity contribution is -0.129. The molecule has 0 bridgehead atoms. The van der Waals surface area contributed by atoms with Crippen LogP contribution in [0, 0.1) is 5.41 Å². The average molecular weight is 342 g/mol. The molecule has 0 spiro atoms. The Labute approximate surface area is 148 Å². The average Bonchev–Trinajstić information content (AvgIpc) is 3.19. The van der Waals surface area contributed by atoms with Gasteiger partial charge in [-0.05, 0) is 24.5 Å². The molecule has 1 aliphatic rings. The molecule has 1 aromatic carbocycles. The maximum Gasteiger partial charge on any atom is 0.226 e. The van der Waals surface area contributed by atoms with Crippen LogP contribution in [-0.2, 0) is 30.6 Å². The van der Waals surface area contributed by atoms with Crippen LogP contribution in [0.4, 0.5) is 0 Å². The highest BCUT2D eigenvalue weighted by molar-refractivity contribution is 5.82. The number of ether oxygens (including phenoxy) is 1. The molecule has 1 aliphatic heterocycles. The van der Waals surface area contributed by atoms with E-state index in [0.29, 0.717) is 19.4 Å². The molecule has 6 heteroatoms. The van der Waals surface area contributed by atoms with Crippen LogP contribution in [-0.4, -0.2) is 34.3 Å². The third kappa shape index (κ3) is 3.83. The van der Waals surface area contributed by atoms with Gasteiger partial charge in [0.2, 0.25) is 5.91 Å². The Bertz CT molecular complexity index is 752. The molecule has 0 saturated carbocycles. The molecule has 1 N–H and O–H groups in total. The summed E-state index contributed by atoms with van der Waals surface area (Å²) in [4.78, 5) is 12.6. The normalized spacial score (nSPS) is 13.6. The van der Waals surface area contributed by atoms with E-state index >= 15 is 0 Å². The van der Waals surface area contributed by atoms with Gasteiger partial charge in [-0.25, -0.2) is 0 Å². The van der Waals surface area contributed by atoms with Gasteiger partial charge in [0.05, 0.1) is 7.11 Å².